The highest BCUT2D eigenvalue weighted by atomic mass is 16.1. The van der Waals surface area contributed by atoms with Crippen LogP contribution in [-0.4, -0.2) is 19.0 Å². The summed E-state index contributed by atoms with van der Waals surface area (Å²) in [5.41, 5.74) is 2.29. The van der Waals surface area contributed by atoms with Crippen molar-refractivity contribution in [3.63, 3.8) is 0 Å². The number of hydrogen-bond donors (Lipinski definition) is 2. The van der Waals surface area contributed by atoms with Gasteiger partial charge in [0, 0.05) is 12.2 Å². The zero-order valence-electron chi connectivity index (χ0n) is 9.34. The quantitative estimate of drug-likeness (QED) is 0.771. The number of anilines is 1. The van der Waals surface area contributed by atoms with Gasteiger partial charge in [-0.15, -0.1) is 0 Å². The van der Waals surface area contributed by atoms with E-state index >= 15 is 0 Å². The van der Waals surface area contributed by atoms with E-state index in [9.17, 15) is 4.79 Å². The van der Waals surface area contributed by atoms with Gasteiger partial charge in [-0.3, -0.25) is 4.79 Å². The van der Waals surface area contributed by atoms with Crippen LogP contribution in [0.25, 0.3) is 0 Å². The van der Waals surface area contributed by atoms with Gasteiger partial charge in [0.15, 0.2) is 0 Å². The third-order valence-corrected chi connectivity index (χ3v) is 2.19. The number of likely N-dealkylation sites (N-methyl/N-ethyl adjacent to an activating group) is 1. The Morgan fingerprint density at radius 3 is 2.40 bits per heavy atom. The molecule has 0 spiro atoms. The minimum absolute atomic E-state index is 0.0251. The minimum Gasteiger partial charge on any atom is -0.376 e. The molecular weight excluding hydrogens is 188 g/mol. The van der Waals surface area contributed by atoms with Gasteiger partial charge >= 0.3 is 0 Å². The molecule has 0 heterocycles. The Labute approximate surface area is 90.9 Å². The van der Waals surface area contributed by atoms with Crippen LogP contribution in [0.5, 0.6) is 0 Å². The highest BCUT2D eigenvalue weighted by Crippen LogP contribution is 2.09. The molecular formula is C12H18N2O. The Hall–Kier alpha value is -1.51. The number of nitrogens with one attached hydrogen (secondary N) is 2. The van der Waals surface area contributed by atoms with Crippen LogP contribution in [0.2, 0.25) is 0 Å². The Kier molecular flexibility index (Phi) is 4.68. The molecule has 15 heavy (non-hydrogen) atoms. The molecule has 1 aromatic carbocycles. The molecule has 0 unspecified atom stereocenters. The molecule has 0 aliphatic carbocycles. The van der Waals surface area contributed by atoms with Crippen molar-refractivity contribution in [3.05, 3.63) is 29.8 Å². The molecule has 0 fully saturated rings. The normalized spacial score (nSPS) is 9.73. The van der Waals surface area contributed by atoms with E-state index in [0.717, 1.165) is 12.1 Å². The number of benzene rings is 1. The molecule has 3 heteroatoms. The number of aryl methyl sites for hydroxylation is 1. The summed E-state index contributed by atoms with van der Waals surface area (Å²) in [6.45, 7) is 5.04. The average molecular weight is 206 g/mol. The van der Waals surface area contributed by atoms with E-state index in [1.165, 1.54) is 5.56 Å². The highest BCUT2D eigenvalue weighted by Gasteiger charge is 1.98. The number of carbonyl (C=O) groups excluding carboxylic acids is 1. The first kappa shape index (κ1) is 11.6. The van der Waals surface area contributed by atoms with Gasteiger partial charge in [-0.25, -0.2) is 0 Å². The molecule has 0 aliphatic heterocycles. The molecule has 82 valence electrons. The first-order valence-corrected chi connectivity index (χ1v) is 5.35. The molecule has 0 atom stereocenters. The van der Waals surface area contributed by atoms with E-state index < -0.39 is 0 Å². The second-order valence-electron chi connectivity index (χ2n) is 3.36. The third-order valence-electron chi connectivity index (χ3n) is 2.19. The lowest BCUT2D eigenvalue weighted by molar-refractivity contribution is -0.119. The first-order valence-electron chi connectivity index (χ1n) is 5.35. The molecule has 0 aliphatic rings. The number of hydrogen-bond acceptors (Lipinski definition) is 2. The Morgan fingerprint density at radius 1 is 1.20 bits per heavy atom. The summed E-state index contributed by atoms with van der Waals surface area (Å²) in [6, 6.07) is 8.14. The van der Waals surface area contributed by atoms with Gasteiger partial charge < -0.3 is 10.6 Å². The summed E-state index contributed by atoms with van der Waals surface area (Å²) >= 11 is 0. The Bertz CT molecular complexity index is 306. The van der Waals surface area contributed by atoms with Gasteiger partial charge in [-0.2, -0.15) is 0 Å². The molecule has 0 bridgehead atoms. The van der Waals surface area contributed by atoms with Gasteiger partial charge in [0.25, 0.3) is 0 Å². The van der Waals surface area contributed by atoms with Gasteiger partial charge in [-0.05, 0) is 31.0 Å². The van der Waals surface area contributed by atoms with E-state index in [2.05, 4.69) is 29.7 Å². The van der Waals surface area contributed by atoms with E-state index in [0.29, 0.717) is 13.1 Å². The zero-order chi connectivity index (χ0) is 11.1. The monoisotopic (exact) mass is 206 g/mol. The van der Waals surface area contributed by atoms with Gasteiger partial charge in [0.1, 0.15) is 0 Å². The molecule has 0 aromatic heterocycles. The summed E-state index contributed by atoms with van der Waals surface area (Å²) in [7, 11) is 0. The van der Waals surface area contributed by atoms with E-state index in [4.69, 9.17) is 0 Å². The summed E-state index contributed by atoms with van der Waals surface area (Å²) in [5, 5.41) is 5.81. The van der Waals surface area contributed by atoms with Gasteiger partial charge in [0.05, 0.1) is 6.54 Å². The maximum Gasteiger partial charge on any atom is 0.239 e. The van der Waals surface area contributed by atoms with Crippen LogP contribution < -0.4 is 10.6 Å². The zero-order valence-corrected chi connectivity index (χ0v) is 9.34. The van der Waals surface area contributed by atoms with Crippen molar-refractivity contribution >= 4 is 11.6 Å². The molecule has 0 radical (unpaired) electrons. The van der Waals surface area contributed by atoms with Crippen LogP contribution >= 0.6 is 0 Å². The molecule has 0 saturated carbocycles. The molecule has 3 nitrogen and oxygen atoms in total. The van der Waals surface area contributed by atoms with Crippen LogP contribution in [0.1, 0.15) is 19.4 Å². The molecule has 1 aromatic rings. The standard InChI is InChI=1S/C12H18N2O/c1-3-10-5-7-11(8-6-10)14-9-12(15)13-4-2/h5-8,14H,3-4,9H2,1-2H3,(H,13,15). The van der Waals surface area contributed by atoms with Crippen LogP contribution in [0.3, 0.4) is 0 Å². The highest BCUT2D eigenvalue weighted by molar-refractivity contribution is 5.80. The predicted molar refractivity (Wildman–Crippen MR) is 63.0 cm³/mol. The lowest BCUT2D eigenvalue weighted by atomic mass is 10.1. The lowest BCUT2D eigenvalue weighted by Gasteiger charge is -2.06. The van der Waals surface area contributed by atoms with Crippen molar-refractivity contribution in [3.8, 4) is 0 Å². The average Bonchev–Trinajstić information content (AvgIpc) is 2.27. The number of rotatable bonds is 5. The van der Waals surface area contributed by atoms with Crippen molar-refractivity contribution in [1.29, 1.82) is 0 Å². The smallest absolute Gasteiger partial charge is 0.239 e. The van der Waals surface area contributed by atoms with Crippen molar-refractivity contribution in [2.75, 3.05) is 18.4 Å². The summed E-state index contributed by atoms with van der Waals surface area (Å²) in [5.74, 6) is 0.0251. The molecule has 1 rings (SSSR count). The molecule has 0 saturated heterocycles. The minimum atomic E-state index is 0.0251. The van der Waals surface area contributed by atoms with Crippen molar-refractivity contribution in [2.24, 2.45) is 0 Å². The maximum absolute atomic E-state index is 11.2. The number of carbonyl (C=O) groups is 1. The van der Waals surface area contributed by atoms with E-state index in [1.54, 1.807) is 0 Å². The van der Waals surface area contributed by atoms with Crippen LogP contribution in [-0.2, 0) is 11.2 Å². The van der Waals surface area contributed by atoms with Crippen molar-refractivity contribution < 1.29 is 4.79 Å². The third kappa shape index (κ3) is 4.02. The SMILES string of the molecule is CCNC(=O)CNc1ccc(CC)cc1. The maximum atomic E-state index is 11.2. The number of amides is 1. The van der Waals surface area contributed by atoms with Crippen LogP contribution in [0, 0.1) is 0 Å². The second kappa shape index (κ2) is 6.06. The van der Waals surface area contributed by atoms with Gasteiger partial charge in [-0.1, -0.05) is 19.1 Å². The van der Waals surface area contributed by atoms with Crippen LogP contribution in [0.15, 0.2) is 24.3 Å². The predicted octanol–water partition coefficient (Wildman–Crippen LogP) is 1.80. The Morgan fingerprint density at radius 2 is 1.87 bits per heavy atom. The summed E-state index contributed by atoms with van der Waals surface area (Å²) in [6.07, 6.45) is 1.04. The molecule has 2 N–H and O–H groups in total. The van der Waals surface area contributed by atoms with Crippen LogP contribution in [0.4, 0.5) is 5.69 Å². The van der Waals surface area contributed by atoms with E-state index in [-0.39, 0.29) is 5.91 Å². The fourth-order valence-electron chi connectivity index (χ4n) is 1.30. The van der Waals surface area contributed by atoms with Crippen molar-refractivity contribution in [1.82, 2.24) is 5.32 Å². The first-order chi connectivity index (χ1) is 7.26. The van der Waals surface area contributed by atoms with E-state index in [1.807, 2.05) is 19.1 Å². The summed E-state index contributed by atoms with van der Waals surface area (Å²) in [4.78, 5) is 11.2. The second-order valence-corrected chi connectivity index (χ2v) is 3.36. The van der Waals surface area contributed by atoms with Crippen molar-refractivity contribution in [2.45, 2.75) is 20.3 Å². The topological polar surface area (TPSA) is 41.1 Å². The Balaban J connectivity index is 2.40. The fraction of sp³-hybridized carbons (Fsp3) is 0.417. The fourth-order valence-corrected chi connectivity index (χ4v) is 1.30. The lowest BCUT2D eigenvalue weighted by Crippen LogP contribution is -2.29. The largest absolute Gasteiger partial charge is 0.376 e. The van der Waals surface area contributed by atoms with Gasteiger partial charge in [0.2, 0.25) is 5.91 Å². The summed E-state index contributed by atoms with van der Waals surface area (Å²) < 4.78 is 0. The molecule has 1 amide bonds.